The van der Waals surface area contributed by atoms with E-state index in [1.807, 2.05) is 11.8 Å². The lowest BCUT2D eigenvalue weighted by Gasteiger charge is -2.34. The number of nitrogens with zero attached hydrogens (tertiary/aromatic N) is 2. The Morgan fingerprint density at radius 1 is 1.21 bits per heavy atom. The third-order valence-corrected chi connectivity index (χ3v) is 5.55. The molecule has 0 radical (unpaired) electrons. The molecule has 0 unspecified atom stereocenters. The Kier molecular flexibility index (Phi) is 6.49. The molecule has 6 nitrogen and oxygen atoms in total. The van der Waals surface area contributed by atoms with E-state index in [1.54, 1.807) is 0 Å². The summed E-state index contributed by atoms with van der Waals surface area (Å²) in [7, 11) is 0. The van der Waals surface area contributed by atoms with E-state index < -0.39 is 0 Å². The van der Waals surface area contributed by atoms with Gasteiger partial charge in [0.2, 0.25) is 0 Å². The summed E-state index contributed by atoms with van der Waals surface area (Å²) in [6.45, 7) is 10.7. The van der Waals surface area contributed by atoms with E-state index in [4.69, 9.17) is 14.2 Å². The van der Waals surface area contributed by atoms with Gasteiger partial charge in [0.25, 0.3) is 5.91 Å². The van der Waals surface area contributed by atoms with Gasteiger partial charge in [-0.15, -0.1) is 0 Å². The first-order valence-corrected chi connectivity index (χ1v) is 9.49. The molecule has 0 aromatic rings. The molecule has 0 spiro atoms. The smallest absolute Gasteiger partial charge is 0.251 e. The zero-order valence-corrected chi connectivity index (χ0v) is 15.1. The number of hydrogen-bond acceptors (Lipinski definition) is 5. The minimum Gasteiger partial charge on any atom is -0.379 e. The molecule has 3 rings (SSSR count). The summed E-state index contributed by atoms with van der Waals surface area (Å²) in [6, 6.07) is 0.451. The van der Waals surface area contributed by atoms with Crippen LogP contribution >= 0.6 is 0 Å². The Labute approximate surface area is 145 Å². The van der Waals surface area contributed by atoms with Crippen LogP contribution in [-0.2, 0) is 19.0 Å². The highest BCUT2D eigenvalue weighted by Gasteiger charge is 2.38. The van der Waals surface area contributed by atoms with Gasteiger partial charge in [0.15, 0.2) is 0 Å². The summed E-state index contributed by atoms with van der Waals surface area (Å²) in [6.07, 6.45) is 3.15. The Morgan fingerprint density at radius 3 is 2.71 bits per heavy atom. The maximum Gasteiger partial charge on any atom is 0.251 e. The van der Waals surface area contributed by atoms with Gasteiger partial charge in [0, 0.05) is 38.8 Å². The number of ether oxygens (including phenoxy) is 3. The van der Waals surface area contributed by atoms with E-state index in [-0.39, 0.29) is 18.1 Å². The maximum absolute atomic E-state index is 12.7. The second kappa shape index (κ2) is 8.61. The molecule has 0 N–H and O–H groups in total. The second-order valence-electron chi connectivity index (χ2n) is 7.40. The molecular formula is C18H32N2O4. The zero-order chi connectivity index (χ0) is 16.9. The average molecular weight is 340 g/mol. The normalized spacial score (nSPS) is 33.6. The van der Waals surface area contributed by atoms with Gasteiger partial charge in [0.05, 0.1) is 25.9 Å². The van der Waals surface area contributed by atoms with E-state index in [2.05, 4.69) is 11.8 Å². The highest BCUT2D eigenvalue weighted by atomic mass is 16.5. The van der Waals surface area contributed by atoms with Crippen LogP contribution in [0, 0.1) is 5.92 Å². The molecule has 138 valence electrons. The first kappa shape index (κ1) is 18.1. The molecule has 0 aliphatic carbocycles. The van der Waals surface area contributed by atoms with Crippen molar-refractivity contribution in [1.29, 1.82) is 0 Å². The van der Waals surface area contributed by atoms with Crippen LogP contribution in [0.25, 0.3) is 0 Å². The summed E-state index contributed by atoms with van der Waals surface area (Å²) in [5.74, 6) is 0.620. The highest BCUT2D eigenvalue weighted by molar-refractivity contribution is 5.80. The van der Waals surface area contributed by atoms with Crippen molar-refractivity contribution in [3.8, 4) is 0 Å². The minimum absolute atomic E-state index is 0.119. The predicted octanol–water partition coefficient (Wildman–Crippen LogP) is 1.14. The first-order valence-electron chi connectivity index (χ1n) is 9.49. The fourth-order valence-corrected chi connectivity index (χ4v) is 4.03. The highest BCUT2D eigenvalue weighted by Crippen LogP contribution is 2.24. The van der Waals surface area contributed by atoms with Gasteiger partial charge in [-0.1, -0.05) is 6.92 Å². The van der Waals surface area contributed by atoms with Crippen molar-refractivity contribution in [3.63, 3.8) is 0 Å². The number of rotatable bonds is 5. The fourth-order valence-electron chi connectivity index (χ4n) is 4.03. The molecule has 3 aliphatic heterocycles. The van der Waals surface area contributed by atoms with E-state index in [9.17, 15) is 4.79 Å². The molecule has 3 heterocycles. The summed E-state index contributed by atoms with van der Waals surface area (Å²) in [5, 5.41) is 0. The van der Waals surface area contributed by atoms with Gasteiger partial charge in [-0.2, -0.15) is 0 Å². The first-order chi connectivity index (χ1) is 11.6. The van der Waals surface area contributed by atoms with Gasteiger partial charge in [0.1, 0.15) is 6.10 Å². The molecule has 4 atom stereocenters. The Bertz CT molecular complexity index is 408. The van der Waals surface area contributed by atoms with Gasteiger partial charge in [-0.25, -0.2) is 0 Å². The lowest BCUT2D eigenvalue weighted by Crippen LogP contribution is -2.47. The Balaban J connectivity index is 1.45. The number of carbonyl (C=O) groups is 1. The van der Waals surface area contributed by atoms with E-state index in [1.165, 1.54) is 6.42 Å². The summed E-state index contributed by atoms with van der Waals surface area (Å²) < 4.78 is 16.9. The third kappa shape index (κ3) is 4.48. The van der Waals surface area contributed by atoms with Gasteiger partial charge < -0.3 is 19.1 Å². The second-order valence-corrected chi connectivity index (χ2v) is 7.40. The van der Waals surface area contributed by atoms with Crippen molar-refractivity contribution in [3.05, 3.63) is 0 Å². The average Bonchev–Trinajstić information content (AvgIpc) is 3.02. The van der Waals surface area contributed by atoms with Crippen molar-refractivity contribution in [2.75, 3.05) is 52.6 Å². The molecule has 3 saturated heterocycles. The standard InChI is InChI=1S/C18H32N2O4/c1-14-11-20(12-17(14)19-6-9-22-10-7-19)18(21)15(2)24-13-16-5-3-4-8-23-16/h14-17H,3-13H2,1-2H3/t14-,15-,16-,17-/m0/s1. The molecule has 3 aliphatic rings. The van der Waals surface area contributed by atoms with E-state index >= 15 is 0 Å². The fraction of sp³-hybridized carbons (Fsp3) is 0.944. The molecule has 1 amide bonds. The van der Waals surface area contributed by atoms with Crippen LogP contribution in [0.5, 0.6) is 0 Å². The number of carbonyl (C=O) groups excluding carboxylic acids is 1. The van der Waals surface area contributed by atoms with Crippen molar-refractivity contribution in [2.45, 2.75) is 51.4 Å². The lowest BCUT2D eigenvalue weighted by atomic mass is 10.0. The number of morpholine rings is 1. The number of hydrogen-bond donors (Lipinski definition) is 0. The van der Waals surface area contributed by atoms with Crippen LogP contribution in [0.1, 0.15) is 33.1 Å². The number of likely N-dealkylation sites (tertiary alicyclic amines) is 1. The van der Waals surface area contributed by atoms with E-state index in [0.29, 0.717) is 18.6 Å². The molecule has 24 heavy (non-hydrogen) atoms. The topological polar surface area (TPSA) is 51.2 Å². The van der Waals surface area contributed by atoms with Crippen LogP contribution in [0.2, 0.25) is 0 Å². The molecule has 0 aromatic heterocycles. The van der Waals surface area contributed by atoms with Crippen LogP contribution < -0.4 is 0 Å². The predicted molar refractivity (Wildman–Crippen MR) is 90.9 cm³/mol. The zero-order valence-electron chi connectivity index (χ0n) is 15.1. The monoisotopic (exact) mass is 340 g/mol. The maximum atomic E-state index is 12.7. The SMILES string of the molecule is C[C@H](OC[C@@H]1CCCCO1)C(=O)N1C[C@H](C)[C@@H](N2CCOCC2)C1. The van der Waals surface area contributed by atoms with Crippen LogP contribution in [0.3, 0.4) is 0 Å². The Hall–Kier alpha value is -0.690. The molecule has 0 aromatic carbocycles. The van der Waals surface area contributed by atoms with Crippen molar-refractivity contribution >= 4 is 5.91 Å². The van der Waals surface area contributed by atoms with Gasteiger partial charge >= 0.3 is 0 Å². The van der Waals surface area contributed by atoms with Crippen molar-refractivity contribution < 1.29 is 19.0 Å². The van der Waals surface area contributed by atoms with Crippen LogP contribution in [0.4, 0.5) is 0 Å². The summed E-state index contributed by atoms with van der Waals surface area (Å²) in [4.78, 5) is 17.2. The molecule has 6 heteroatoms. The summed E-state index contributed by atoms with van der Waals surface area (Å²) >= 11 is 0. The van der Waals surface area contributed by atoms with Crippen LogP contribution in [0.15, 0.2) is 0 Å². The lowest BCUT2D eigenvalue weighted by molar-refractivity contribution is -0.145. The van der Waals surface area contributed by atoms with Crippen LogP contribution in [-0.4, -0.2) is 86.6 Å². The van der Waals surface area contributed by atoms with Crippen molar-refractivity contribution in [1.82, 2.24) is 9.80 Å². The quantitative estimate of drug-likeness (QED) is 0.751. The third-order valence-electron chi connectivity index (χ3n) is 5.55. The largest absolute Gasteiger partial charge is 0.379 e. The van der Waals surface area contributed by atoms with Crippen molar-refractivity contribution in [2.24, 2.45) is 5.92 Å². The molecule has 0 bridgehead atoms. The Morgan fingerprint density at radius 2 is 2.00 bits per heavy atom. The van der Waals surface area contributed by atoms with Gasteiger partial charge in [-0.05, 0) is 32.1 Å². The van der Waals surface area contributed by atoms with Gasteiger partial charge in [-0.3, -0.25) is 9.69 Å². The van der Waals surface area contributed by atoms with E-state index in [0.717, 1.165) is 58.8 Å². The molecule has 0 saturated carbocycles. The minimum atomic E-state index is -0.383. The number of amides is 1. The molecular weight excluding hydrogens is 308 g/mol. The molecule has 3 fully saturated rings. The summed E-state index contributed by atoms with van der Waals surface area (Å²) in [5.41, 5.74) is 0.